The maximum absolute atomic E-state index is 12.4. The average molecular weight is 480 g/mol. The van der Waals surface area contributed by atoms with E-state index in [4.69, 9.17) is 15.2 Å². The number of fused-ring (bicyclic) bond motifs is 1. The van der Waals surface area contributed by atoms with Gasteiger partial charge in [-0.3, -0.25) is 4.72 Å². The highest BCUT2D eigenvalue weighted by Gasteiger charge is 2.18. The van der Waals surface area contributed by atoms with Crippen molar-refractivity contribution in [2.75, 3.05) is 23.3 Å². The summed E-state index contributed by atoms with van der Waals surface area (Å²) < 4.78 is 39.1. The summed E-state index contributed by atoms with van der Waals surface area (Å²) in [6, 6.07) is 12.6. The van der Waals surface area contributed by atoms with Crippen molar-refractivity contribution >= 4 is 32.4 Å². The molecule has 0 spiro atoms. The molecule has 0 amide bonds. The van der Waals surface area contributed by atoms with Gasteiger partial charge in [-0.2, -0.15) is 0 Å². The van der Waals surface area contributed by atoms with Gasteiger partial charge in [-0.15, -0.1) is 0 Å². The number of ether oxygens (including phenoxy) is 2. The first-order valence-electron chi connectivity index (χ1n) is 10.6. The van der Waals surface area contributed by atoms with Gasteiger partial charge in [0.1, 0.15) is 11.5 Å². The smallest absolute Gasteiger partial charge is 0.232 e. The second-order valence-corrected chi connectivity index (χ2v) is 9.51. The molecule has 0 aliphatic rings. The van der Waals surface area contributed by atoms with Gasteiger partial charge in [0.15, 0.2) is 0 Å². The van der Waals surface area contributed by atoms with Crippen LogP contribution in [0.4, 0.5) is 11.6 Å². The lowest BCUT2D eigenvalue weighted by molar-refractivity contribution is 0.408. The van der Waals surface area contributed by atoms with E-state index in [0.29, 0.717) is 46.1 Å². The first-order chi connectivity index (χ1) is 16.3. The molecular weight excluding hydrogens is 454 g/mol. The number of nitrogens with zero attached hydrogens (tertiary/aromatic N) is 3. The van der Waals surface area contributed by atoms with Crippen molar-refractivity contribution in [1.29, 1.82) is 0 Å². The highest BCUT2D eigenvalue weighted by atomic mass is 32.2. The third-order valence-corrected chi connectivity index (χ3v) is 6.63. The predicted molar refractivity (Wildman–Crippen MR) is 133 cm³/mol. The molecule has 0 saturated carbocycles. The monoisotopic (exact) mass is 479 g/mol. The van der Waals surface area contributed by atoms with Gasteiger partial charge in [-0.25, -0.2) is 23.4 Å². The predicted octanol–water partition coefficient (Wildman–Crippen LogP) is 4.54. The third-order valence-electron chi connectivity index (χ3n) is 5.16. The molecule has 4 aromatic rings. The quantitative estimate of drug-likeness (QED) is 0.377. The van der Waals surface area contributed by atoms with Crippen LogP contribution in [0, 0.1) is 6.92 Å². The summed E-state index contributed by atoms with van der Waals surface area (Å²) in [6.07, 6.45) is 3.62. The lowest BCUT2D eigenvalue weighted by Crippen LogP contribution is -2.16. The molecule has 176 valence electrons. The summed E-state index contributed by atoms with van der Waals surface area (Å²) in [5.41, 5.74) is 8.23. The Morgan fingerprint density at radius 3 is 2.65 bits per heavy atom. The largest absolute Gasteiger partial charge is 0.495 e. The average Bonchev–Trinajstić information content (AvgIpc) is 2.81. The van der Waals surface area contributed by atoms with Crippen molar-refractivity contribution in [3.05, 3.63) is 60.4 Å². The van der Waals surface area contributed by atoms with E-state index >= 15 is 0 Å². The molecular formula is C24H25N5O4S. The van der Waals surface area contributed by atoms with Crippen LogP contribution in [0.2, 0.25) is 0 Å². The van der Waals surface area contributed by atoms with Crippen molar-refractivity contribution in [3.8, 4) is 28.6 Å². The minimum atomic E-state index is -3.46. The number of nitrogen functional groups attached to an aromatic ring is 1. The van der Waals surface area contributed by atoms with E-state index < -0.39 is 10.0 Å². The summed E-state index contributed by atoms with van der Waals surface area (Å²) in [7, 11) is -1.91. The normalized spacial score (nSPS) is 11.4. The minimum Gasteiger partial charge on any atom is -0.495 e. The van der Waals surface area contributed by atoms with E-state index in [-0.39, 0.29) is 11.7 Å². The van der Waals surface area contributed by atoms with Crippen molar-refractivity contribution in [2.45, 2.75) is 20.3 Å². The Bertz CT molecular complexity index is 1460. The van der Waals surface area contributed by atoms with Crippen molar-refractivity contribution < 1.29 is 17.9 Å². The molecule has 9 nitrogen and oxygen atoms in total. The van der Waals surface area contributed by atoms with Gasteiger partial charge in [0.25, 0.3) is 0 Å². The number of nitrogens with one attached hydrogen (secondary N) is 1. The van der Waals surface area contributed by atoms with Crippen LogP contribution in [0.25, 0.3) is 22.0 Å². The standard InChI is InChI=1S/C24H25N5O4S/c1-4-12-34(30,31)29-21-7-5-6-18-17(21)9-8-15(2)22(18)33-23-19(13-16(32-3)14-27-23)20-10-11-26-24(25)28-20/h5-11,13-14,29H,4,12H2,1-3H3,(H2,25,26,28). The molecule has 10 heteroatoms. The Labute approximate surface area is 198 Å². The van der Waals surface area contributed by atoms with E-state index in [1.807, 2.05) is 32.0 Å². The molecule has 3 N–H and O–H groups in total. The van der Waals surface area contributed by atoms with Crippen LogP contribution in [-0.2, 0) is 10.0 Å². The Hall–Kier alpha value is -3.92. The van der Waals surface area contributed by atoms with Gasteiger partial charge >= 0.3 is 0 Å². The van der Waals surface area contributed by atoms with E-state index in [1.54, 1.807) is 43.8 Å². The molecule has 0 aliphatic carbocycles. The lowest BCUT2D eigenvalue weighted by Gasteiger charge is -2.16. The number of aryl methyl sites for hydroxylation is 1. The maximum atomic E-state index is 12.4. The molecule has 2 aromatic heterocycles. The summed E-state index contributed by atoms with van der Waals surface area (Å²) in [4.78, 5) is 12.7. The summed E-state index contributed by atoms with van der Waals surface area (Å²) in [5.74, 6) is 1.54. The molecule has 2 heterocycles. The van der Waals surface area contributed by atoms with Crippen LogP contribution in [0.3, 0.4) is 0 Å². The van der Waals surface area contributed by atoms with E-state index in [9.17, 15) is 8.42 Å². The van der Waals surface area contributed by atoms with Crippen LogP contribution in [-0.4, -0.2) is 36.2 Å². The van der Waals surface area contributed by atoms with Gasteiger partial charge in [-0.05, 0) is 37.1 Å². The molecule has 0 aliphatic heterocycles. The van der Waals surface area contributed by atoms with Crippen LogP contribution in [0.15, 0.2) is 54.9 Å². The fourth-order valence-corrected chi connectivity index (χ4v) is 4.73. The summed E-state index contributed by atoms with van der Waals surface area (Å²) in [6.45, 7) is 3.73. The number of methoxy groups -OCH3 is 1. The van der Waals surface area contributed by atoms with E-state index in [1.165, 1.54) is 0 Å². The van der Waals surface area contributed by atoms with Crippen molar-refractivity contribution in [3.63, 3.8) is 0 Å². The SMILES string of the molecule is CCCS(=O)(=O)Nc1cccc2c(Oc3ncc(OC)cc3-c3ccnc(N)n3)c(C)ccc12. The van der Waals surface area contributed by atoms with Crippen molar-refractivity contribution in [1.82, 2.24) is 15.0 Å². The Kier molecular flexibility index (Phi) is 6.51. The first kappa shape index (κ1) is 23.2. The number of rotatable bonds is 8. The third kappa shape index (κ3) is 4.86. The topological polar surface area (TPSA) is 129 Å². The molecule has 2 aromatic carbocycles. The number of hydrogen-bond donors (Lipinski definition) is 2. The second kappa shape index (κ2) is 9.52. The number of nitrogens with two attached hydrogens (primary N) is 1. The summed E-state index contributed by atoms with van der Waals surface area (Å²) in [5, 5.41) is 1.45. The fourth-order valence-electron chi connectivity index (χ4n) is 3.58. The number of pyridine rings is 1. The lowest BCUT2D eigenvalue weighted by atomic mass is 10.0. The molecule has 0 radical (unpaired) electrons. The Morgan fingerprint density at radius 2 is 1.91 bits per heavy atom. The summed E-state index contributed by atoms with van der Waals surface area (Å²) >= 11 is 0. The van der Waals surface area contributed by atoms with Crippen LogP contribution in [0.1, 0.15) is 18.9 Å². The van der Waals surface area contributed by atoms with Gasteiger partial charge < -0.3 is 15.2 Å². The number of aromatic nitrogens is 3. The molecule has 0 atom stereocenters. The minimum absolute atomic E-state index is 0.0415. The molecule has 0 unspecified atom stereocenters. The highest BCUT2D eigenvalue weighted by molar-refractivity contribution is 7.92. The van der Waals surface area contributed by atoms with E-state index in [0.717, 1.165) is 10.9 Å². The van der Waals surface area contributed by atoms with Gasteiger partial charge in [0, 0.05) is 17.0 Å². The second-order valence-electron chi connectivity index (χ2n) is 7.66. The maximum Gasteiger partial charge on any atom is 0.232 e. The Morgan fingerprint density at radius 1 is 1.09 bits per heavy atom. The fraction of sp³-hybridized carbons (Fsp3) is 0.208. The first-order valence-corrected chi connectivity index (χ1v) is 12.3. The molecule has 4 rings (SSSR count). The number of anilines is 2. The van der Waals surface area contributed by atoms with Crippen LogP contribution >= 0.6 is 0 Å². The zero-order chi connectivity index (χ0) is 24.3. The molecule has 0 fully saturated rings. The Balaban J connectivity index is 1.83. The zero-order valence-electron chi connectivity index (χ0n) is 19.1. The number of hydrogen-bond acceptors (Lipinski definition) is 8. The van der Waals surface area contributed by atoms with Crippen LogP contribution in [0.5, 0.6) is 17.4 Å². The van der Waals surface area contributed by atoms with Gasteiger partial charge in [0.2, 0.25) is 21.9 Å². The van der Waals surface area contributed by atoms with Crippen molar-refractivity contribution in [2.24, 2.45) is 0 Å². The number of benzene rings is 2. The molecule has 34 heavy (non-hydrogen) atoms. The van der Waals surface area contributed by atoms with Crippen LogP contribution < -0.4 is 19.9 Å². The van der Waals surface area contributed by atoms with E-state index in [2.05, 4.69) is 19.7 Å². The van der Waals surface area contributed by atoms with Gasteiger partial charge in [-0.1, -0.05) is 31.2 Å². The highest BCUT2D eigenvalue weighted by Crippen LogP contribution is 2.39. The molecule has 0 bridgehead atoms. The zero-order valence-corrected chi connectivity index (χ0v) is 19.9. The number of sulfonamides is 1. The molecule has 0 saturated heterocycles. The van der Waals surface area contributed by atoms with Gasteiger partial charge in [0.05, 0.1) is 36.0 Å².